The molecule has 0 aliphatic heterocycles. The summed E-state index contributed by atoms with van der Waals surface area (Å²) in [7, 11) is -3.15. The summed E-state index contributed by atoms with van der Waals surface area (Å²) >= 11 is 0. The molecule has 10 heteroatoms. The molecular weight excluding hydrogens is 407 g/mol. The van der Waals surface area contributed by atoms with Gasteiger partial charge in [0.1, 0.15) is 11.4 Å². The summed E-state index contributed by atoms with van der Waals surface area (Å²) in [6.07, 6.45) is -4.55. The van der Waals surface area contributed by atoms with E-state index in [1.807, 2.05) is 0 Å². The van der Waals surface area contributed by atoms with E-state index in [2.05, 4.69) is 15.6 Å². The molecule has 0 atom stereocenters. The van der Waals surface area contributed by atoms with E-state index in [1.54, 1.807) is 34.6 Å². The smallest absolute Gasteiger partial charge is 0.416 e. The minimum Gasteiger partial charge on any atom is -0.488 e. The first-order valence-electron chi connectivity index (χ1n) is 9.39. The molecule has 1 aromatic rings. The van der Waals surface area contributed by atoms with E-state index >= 15 is 0 Å². The van der Waals surface area contributed by atoms with Crippen LogP contribution in [0.3, 0.4) is 0 Å². The highest BCUT2D eigenvalue weighted by molar-refractivity contribution is 7.91. The van der Waals surface area contributed by atoms with Crippen molar-refractivity contribution < 1.29 is 26.3 Å². The van der Waals surface area contributed by atoms with Crippen molar-refractivity contribution >= 4 is 15.8 Å². The van der Waals surface area contributed by atoms with E-state index in [-0.39, 0.29) is 41.9 Å². The average Bonchev–Trinajstić information content (AvgIpc) is 2.58. The third kappa shape index (κ3) is 9.38. The van der Waals surface area contributed by atoms with Crippen LogP contribution in [0.2, 0.25) is 0 Å². The molecule has 0 saturated heterocycles. The minimum atomic E-state index is -4.55. The van der Waals surface area contributed by atoms with E-state index in [0.29, 0.717) is 6.54 Å². The Morgan fingerprint density at radius 1 is 1.14 bits per heavy atom. The fourth-order valence-electron chi connectivity index (χ4n) is 2.35. The lowest BCUT2D eigenvalue weighted by Gasteiger charge is -2.22. The van der Waals surface area contributed by atoms with Gasteiger partial charge in [-0.1, -0.05) is 13.0 Å². The van der Waals surface area contributed by atoms with Crippen LogP contribution in [0.4, 0.5) is 13.2 Å². The van der Waals surface area contributed by atoms with Crippen LogP contribution >= 0.6 is 0 Å². The van der Waals surface area contributed by atoms with Gasteiger partial charge in [-0.25, -0.2) is 13.4 Å². The van der Waals surface area contributed by atoms with Gasteiger partial charge in [-0.3, -0.25) is 0 Å². The number of alkyl halides is 3. The second-order valence-corrected chi connectivity index (χ2v) is 9.86. The number of sulfone groups is 1. The summed E-state index contributed by atoms with van der Waals surface area (Å²) in [6.45, 7) is 9.01. The molecule has 1 aromatic carbocycles. The van der Waals surface area contributed by atoms with Gasteiger partial charge < -0.3 is 15.4 Å². The van der Waals surface area contributed by atoms with Crippen LogP contribution in [-0.2, 0) is 22.6 Å². The van der Waals surface area contributed by atoms with Gasteiger partial charge in [-0.15, -0.1) is 0 Å². The number of nitrogens with one attached hydrogen (secondary N) is 2. The highest BCUT2D eigenvalue weighted by atomic mass is 32.2. The van der Waals surface area contributed by atoms with Crippen LogP contribution in [0.5, 0.6) is 5.75 Å². The predicted molar refractivity (Wildman–Crippen MR) is 109 cm³/mol. The first-order chi connectivity index (χ1) is 13.3. The number of nitrogens with zero attached hydrogens (tertiary/aromatic N) is 1. The van der Waals surface area contributed by atoms with Crippen molar-refractivity contribution in [1.29, 1.82) is 0 Å². The fourth-order valence-corrected chi connectivity index (χ4v) is 3.05. The molecule has 0 heterocycles. The maximum Gasteiger partial charge on any atom is 0.416 e. The molecule has 0 aliphatic rings. The van der Waals surface area contributed by atoms with Gasteiger partial charge in [-0.2, -0.15) is 13.2 Å². The zero-order valence-corrected chi connectivity index (χ0v) is 18.3. The Balaban J connectivity index is 3.02. The Morgan fingerprint density at radius 3 is 2.31 bits per heavy atom. The van der Waals surface area contributed by atoms with Crippen molar-refractivity contribution in [2.45, 2.75) is 52.9 Å². The maximum atomic E-state index is 13.5. The predicted octanol–water partition coefficient (Wildman–Crippen LogP) is 3.37. The molecule has 0 aliphatic carbocycles. The van der Waals surface area contributed by atoms with Crippen molar-refractivity contribution in [3.63, 3.8) is 0 Å². The van der Waals surface area contributed by atoms with Crippen LogP contribution < -0.4 is 15.4 Å². The number of hydrogen-bond donors (Lipinski definition) is 2. The molecule has 0 unspecified atom stereocenters. The van der Waals surface area contributed by atoms with Crippen molar-refractivity contribution in [2.24, 2.45) is 4.99 Å². The third-order valence-electron chi connectivity index (χ3n) is 3.71. The first kappa shape index (κ1) is 25.1. The molecule has 1 rings (SSSR count). The molecule has 0 saturated carbocycles. The van der Waals surface area contributed by atoms with Crippen molar-refractivity contribution in [2.75, 3.05) is 24.6 Å². The monoisotopic (exact) mass is 437 g/mol. The molecule has 0 radical (unpaired) electrons. The number of benzene rings is 1. The number of guanidine groups is 1. The molecule has 2 N–H and O–H groups in total. The van der Waals surface area contributed by atoms with Crippen LogP contribution in [0.25, 0.3) is 0 Å². The Morgan fingerprint density at radius 2 is 1.79 bits per heavy atom. The van der Waals surface area contributed by atoms with Gasteiger partial charge in [0, 0.05) is 18.8 Å². The summed E-state index contributed by atoms with van der Waals surface area (Å²) in [6, 6.07) is 3.81. The Labute approximate surface area is 170 Å². The summed E-state index contributed by atoms with van der Waals surface area (Å²) in [5.41, 5.74) is -1.44. The highest BCUT2D eigenvalue weighted by Gasteiger charge is 2.34. The van der Waals surface area contributed by atoms with Gasteiger partial charge in [0.2, 0.25) is 0 Å². The minimum absolute atomic E-state index is 0.00265. The molecule has 29 heavy (non-hydrogen) atoms. The number of halogens is 3. The van der Waals surface area contributed by atoms with E-state index in [0.717, 1.165) is 6.07 Å². The molecule has 166 valence electrons. The van der Waals surface area contributed by atoms with E-state index in [1.165, 1.54) is 12.1 Å². The highest BCUT2D eigenvalue weighted by Crippen LogP contribution is 2.35. The van der Waals surface area contributed by atoms with E-state index < -0.39 is 27.2 Å². The molecule has 0 bridgehead atoms. The number of aliphatic imine (C=N–C) groups is 1. The fraction of sp³-hybridized carbons (Fsp3) is 0.632. The van der Waals surface area contributed by atoms with Crippen LogP contribution in [-0.4, -0.2) is 44.6 Å². The average molecular weight is 438 g/mol. The second-order valence-electron chi connectivity index (χ2n) is 7.39. The van der Waals surface area contributed by atoms with Gasteiger partial charge >= 0.3 is 6.18 Å². The zero-order valence-electron chi connectivity index (χ0n) is 17.5. The van der Waals surface area contributed by atoms with Gasteiger partial charge in [0.25, 0.3) is 0 Å². The quantitative estimate of drug-likeness (QED) is 0.482. The lowest BCUT2D eigenvalue weighted by Crippen LogP contribution is -2.39. The van der Waals surface area contributed by atoms with Crippen molar-refractivity contribution in [3.8, 4) is 5.75 Å². The van der Waals surface area contributed by atoms with Crippen LogP contribution in [0.15, 0.2) is 23.2 Å². The Kier molecular flexibility index (Phi) is 8.80. The summed E-state index contributed by atoms with van der Waals surface area (Å²) < 4.78 is 69.2. The van der Waals surface area contributed by atoms with Crippen molar-refractivity contribution in [3.05, 3.63) is 29.3 Å². The lowest BCUT2D eigenvalue weighted by molar-refractivity contribution is -0.138. The first-order valence-corrected chi connectivity index (χ1v) is 11.2. The van der Waals surface area contributed by atoms with Crippen LogP contribution in [0.1, 0.15) is 45.7 Å². The SMILES string of the molecule is CCNC(=NCc1ccc(OC(C)(C)C)cc1C(F)(F)F)NCCS(=O)(=O)CC. The lowest BCUT2D eigenvalue weighted by atomic mass is 10.1. The molecule has 0 spiro atoms. The molecular formula is C19H30F3N3O3S. The number of hydrogen-bond acceptors (Lipinski definition) is 4. The summed E-state index contributed by atoms with van der Waals surface area (Å²) in [4.78, 5) is 4.17. The zero-order chi connectivity index (χ0) is 22.3. The normalized spacial score (nSPS) is 13.3. The van der Waals surface area contributed by atoms with E-state index in [4.69, 9.17) is 4.74 Å². The Hall–Kier alpha value is -1.97. The van der Waals surface area contributed by atoms with E-state index in [9.17, 15) is 21.6 Å². The topological polar surface area (TPSA) is 79.8 Å². The third-order valence-corrected chi connectivity index (χ3v) is 5.41. The molecule has 0 aromatic heterocycles. The Bertz CT molecular complexity index is 801. The van der Waals surface area contributed by atoms with Gasteiger partial charge in [-0.05, 0) is 45.4 Å². The van der Waals surface area contributed by atoms with Gasteiger partial charge in [0.05, 0.1) is 17.9 Å². The molecule has 0 fully saturated rings. The second kappa shape index (κ2) is 10.2. The largest absolute Gasteiger partial charge is 0.488 e. The summed E-state index contributed by atoms with van der Waals surface area (Å²) in [5, 5.41) is 5.73. The van der Waals surface area contributed by atoms with Crippen molar-refractivity contribution in [1.82, 2.24) is 10.6 Å². The summed E-state index contributed by atoms with van der Waals surface area (Å²) in [5.74, 6) is 0.329. The molecule has 0 amide bonds. The van der Waals surface area contributed by atoms with Crippen LogP contribution in [0, 0.1) is 0 Å². The maximum absolute atomic E-state index is 13.5. The molecule has 6 nitrogen and oxygen atoms in total. The van der Waals surface area contributed by atoms with Gasteiger partial charge in [0.15, 0.2) is 15.8 Å². The number of ether oxygens (including phenoxy) is 1. The number of rotatable bonds is 8. The standard InChI is InChI=1S/C19H30F3N3O3S/c1-6-23-17(24-10-11-29(26,27)7-2)25-13-14-8-9-15(28-18(3,4)5)12-16(14)19(20,21)22/h8-9,12H,6-7,10-11,13H2,1-5H3,(H2,23,24,25).